The number of likely N-dealkylation sites (tertiary alicyclic amines) is 1. The maximum atomic E-state index is 13.1. The Balaban J connectivity index is 1.55. The molecule has 1 aromatic rings. The minimum atomic E-state index is -0.623. The van der Waals surface area contributed by atoms with Crippen LogP contribution in [0.4, 0.5) is 0 Å². The van der Waals surface area contributed by atoms with Gasteiger partial charge in [0, 0.05) is 26.7 Å². The molecule has 7 heteroatoms. The van der Waals surface area contributed by atoms with Crippen LogP contribution in [0.5, 0.6) is 0 Å². The van der Waals surface area contributed by atoms with Crippen LogP contribution in [0, 0.1) is 17.2 Å². The molecular formula is C21H32N4O2S. The molecule has 0 aromatic carbocycles. The first kappa shape index (κ1) is 20.8. The highest BCUT2D eigenvalue weighted by Gasteiger charge is 2.50. The fourth-order valence-corrected chi connectivity index (χ4v) is 5.11. The standard InChI is InChI=1S/C21H32N4O2S/c1-15(2)12-21(3)19(27)25(20(22)23(21)4)13-16-5-8-24(9-6-16)18(26)11-17-7-10-28-14-17/h7,10,14-16,22H,5-6,8-9,11-13H2,1-4H3. The monoisotopic (exact) mass is 404 g/mol. The third-order valence-electron chi connectivity index (χ3n) is 6.17. The summed E-state index contributed by atoms with van der Waals surface area (Å²) in [5, 5.41) is 12.5. The van der Waals surface area contributed by atoms with E-state index in [1.807, 2.05) is 40.6 Å². The van der Waals surface area contributed by atoms with E-state index in [2.05, 4.69) is 13.8 Å². The van der Waals surface area contributed by atoms with Crippen molar-refractivity contribution in [1.82, 2.24) is 14.7 Å². The maximum absolute atomic E-state index is 13.1. The predicted octanol–water partition coefficient (Wildman–Crippen LogP) is 3.04. The molecule has 3 heterocycles. The van der Waals surface area contributed by atoms with Gasteiger partial charge in [0.05, 0.1) is 6.42 Å². The van der Waals surface area contributed by atoms with Crippen LogP contribution < -0.4 is 0 Å². The lowest BCUT2D eigenvalue weighted by Crippen LogP contribution is -2.46. The molecule has 1 unspecified atom stereocenters. The summed E-state index contributed by atoms with van der Waals surface area (Å²) in [6.07, 6.45) is 2.99. The summed E-state index contributed by atoms with van der Waals surface area (Å²) in [4.78, 5) is 31.0. The summed E-state index contributed by atoms with van der Waals surface area (Å²) in [6, 6.07) is 2.00. The largest absolute Gasteiger partial charge is 0.342 e. The quantitative estimate of drug-likeness (QED) is 0.792. The van der Waals surface area contributed by atoms with Gasteiger partial charge in [-0.25, -0.2) is 0 Å². The van der Waals surface area contributed by atoms with Crippen molar-refractivity contribution in [2.45, 2.75) is 52.0 Å². The van der Waals surface area contributed by atoms with E-state index in [1.165, 1.54) is 0 Å². The molecule has 2 amide bonds. The number of hydrogen-bond acceptors (Lipinski definition) is 4. The van der Waals surface area contributed by atoms with Crippen molar-refractivity contribution < 1.29 is 9.59 Å². The molecule has 0 saturated carbocycles. The van der Waals surface area contributed by atoms with Gasteiger partial charge < -0.3 is 9.80 Å². The van der Waals surface area contributed by atoms with Crippen molar-refractivity contribution in [2.75, 3.05) is 26.7 Å². The van der Waals surface area contributed by atoms with Gasteiger partial charge >= 0.3 is 0 Å². The summed E-state index contributed by atoms with van der Waals surface area (Å²) in [5.41, 5.74) is 0.461. The Morgan fingerprint density at radius 1 is 1.36 bits per heavy atom. The molecule has 2 aliphatic rings. The molecule has 0 radical (unpaired) electrons. The Morgan fingerprint density at radius 2 is 2.04 bits per heavy atom. The van der Waals surface area contributed by atoms with E-state index in [0.717, 1.165) is 37.9 Å². The molecule has 0 bridgehead atoms. The molecule has 6 nitrogen and oxygen atoms in total. The van der Waals surface area contributed by atoms with Gasteiger partial charge in [0.15, 0.2) is 0 Å². The number of thiophene rings is 1. The number of guanidine groups is 1. The first-order valence-electron chi connectivity index (χ1n) is 10.2. The highest BCUT2D eigenvalue weighted by molar-refractivity contribution is 7.08. The molecule has 2 aliphatic heterocycles. The van der Waals surface area contributed by atoms with Crippen LogP contribution in [-0.2, 0) is 16.0 Å². The number of amides is 2. The lowest BCUT2D eigenvalue weighted by molar-refractivity contribution is -0.135. The van der Waals surface area contributed by atoms with Crippen LogP contribution in [0.25, 0.3) is 0 Å². The Morgan fingerprint density at radius 3 is 2.61 bits per heavy atom. The SMILES string of the molecule is CC(C)CC1(C)C(=O)N(CC2CCN(C(=O)Cc3ccsc3)CC2)C(=N)N1C. The zero-order chi connectivity index (χ0) is 20.5. The Labute approximate surface area is 172 Å². The molecule has 1 aromatic heterocycles. The molecule has 28 heavy (non-hydrogen) atoms. The topological polar surface area (TPSA) is 67.7 Å². The van der Waals surface area contributed by atoms with Crippen LogP contribution in [0.15, 0.2) is 16.8 Å². The summed E-state index contributed by atoms with van der Waals surface area (Å²) < 4.78 is 0. The predicted molar refractivity (Wildman–Crippen MR) is 112 cm³/mol. The van der Waals surface area contributed by atoms with Crippen molar-refractivity contribution in [1.29, 1.82) is 5.41 Å². The zero-order valence-electron chi connectivity index (χ0n) is 17.4. The first-order chi connectivity index (χ1) is 13.2. The van der Waals surface area contributed by atoms with Gasteiger partial charge in [0.2, 0.25) is 11.9 Å². The number of piperidine rings is 1. The van der Waals surface area contributed by atoms with E-state index in [1.54, 1.807) is 16.2 Å². The number of nitrogens with zero attached hydrogens (tertiary/aromatic N) is 3. The van der Waals surface area contributed by atoms with Crippen molar-refractivity contribution in [3.05, 3.63) is 22.4 Å². The average molecular weight is 405 g/mol. The van der Waals surface area contributed by atoms with Crippen molar-refractivity contribution in [3.8, 4) is 0 Å². The Hall–Kier alpha value is -1.89. The highest BCUT2D eigenvalue weighted by atomic mass is 32.1. The van der Waals surface area contributed by atoms with E-state index < -0.39 is 5.54 Å². The average Bonchev–Trinajstić information content (AvgIpc) is 3.21. The molecule has 3 rings (SSSR count). The van der Waals surface area contributed by atoms with E-state index in [4.69, 9.17) is 5.41 Å². The van der Waals surface area contributed by atoms with E-state index in [9.17, 15) is 9.59 Å². The van der Waals surface area contributed by atoms with E-state index in [-0.39, 0.29) is 11.8 Å². The van der Waals surface area contributed by atoms with Gasteiger partial charge in [-0.05, 0) is 60.4 Å². The van der Waals surface area contributed by atoms with Crippen LogP contribution in [0.2, 0.25) is 0 Å². The second kappa shape index (κ2) is 8.23. The molecule has 0 spiro atoms. The summed E-state index contributed by atoms with van der Waals surface area (Å²) >= 11 is 1.62. The third-order valence-corrected chi connectivity index (χ3v) is 6.90. The number of likely N-dealkylation sites (N-methyl/N-ethyl adjacent to an activating group) is 1. The first-order valence-corrected chi connectivity index (χ1v) is 11.1. The van der Waals surface area contributed by atoms with Crippen molar-refractivity contribution in [3.63, 3.8) is 0 Å². The molecule has 2 fully saturated rings. The summed E-state index contributed by atoms with van der Waals surface area (Å²) in [6.45, 7) is 8.24. The van der Waals surface area contributed by atoms with Crippen molar-refractivity contribution >= 4 is 29.1 Å². The second-order valence-electron chi connectivity index (χ2n) is 8.80. The van der Waals surface area contributed by atoms with Crippen molar-refractivity contribution in [2.24, 2.45) is 11.8 Å². The Kier molecular flexibility index (Phi) is 6.12. The smallest absolute Gasteiger partial charge is 0.254 e. The van der Waals surface area contributed by atoms with Crippen LogP contribution in [0.1, 0.15) is 45.6 Å². The number of hydrogen-bond donors (Lipinski definition) is 1. The zero-order valence-corrected chi connectivity index (χ0v) is 18.2. The van der Waals surface area contributed by atoms with Gasteiger partial charge in [0.25, 0.3) is 5.91 Å². The van der Waals surface area contributed by atoms with E-state index >= 15 is 0 Å². The summed E-state index contributed by atoms with van der Waals surface area (Å²) in [5.74, 6) is 1.27. The van der Waals surface area contributed by atoms with Crippen LogP contribution >= 0.6 is 11.3 Å². The lowest BCUT2D eigenvalue weighted by atomic mass is 9.89. The molecule has 154 valence electrons. The van der Waals surface area contributed by atoms with Gasteiger partial charge in [-0.15, -0.1) is 0 Å². The molecule has 0 aliphatic carbocycles. The second-order valence-corrected chi connectivity index (χ2v) is 9.58. The number of nitrogens with one attached hydrogen (secondary N) is 1. The number of carbonyl (C=O) groups is 2. The maximum Gasteiger partial charge on any atom is 0.254 e. The molecular weight excluding hydrogens is 372 g/mol. The molecule has 1 atom stereocenters. The van der Waals surface area contributed by atoms with Crippen LogP contribution in [-0.4, -0.2) is 64.7 Å². The number of rotatable bonds is 6. The lowest BCUT2D eigenvalue weighted by Gasteiger charge is -2.33. The molecule has 1 N–H and O–H groups in total. The Bertz CT molecular complexity index is 725. The third kappa shape index (κ3) is 4.09. The highest BCUT2D eigenvalue weighted by Crippen LogP contribution is 2.33. The normalized spacial score (nSPS) is 24.0. The fraction of sp³-hybridized carbons (Fsp3) is 0.667. The van der Waals surface area contributed by atoms with Gasteiger partial charge in [0.1, 0.15) is 5.54 Å². The van der Waals surface area contributed by atoms with Crippen LogP contribution in [0.3, 0.4) is 0 Å². The minimum Gasteiger partial charge on any atom is -0.342 e. The van der Waals surface area contributed by atoms with Gasteiger partial charge in [-0.2, -0.15) is 11.3 Å². The van der Waals surface area contributed by atoms with Gasteiger partial charge in [-0.3, -0.25) is 19.9 Å². The van der Waals surface area contributed by atoms with E-state index in [0.29, 0.717) is 30.8 Å². The minimum absolute atomic E-state index is 0.0460. The number of carbonyl (C=O) groups excluding carboxylic acids is 2. The van der Waals surface area contributed by atoms with Gasteiger partial charge in [-0.1, -0.05) is 13.8 Å². The summed E-state index contributed by atoms with van der Waals surface area (Å²) in [7, 11) is 1.86. The molecule has 2 saturated heterocycles. The fourth-order valence-electron chi connectivity index (χ4n) is 4.44.